The summed E-state index contributed by atoms with van der Waals surface area (Å²) >= 11 is 0. The lowest BCUT2D eigenvalue weighted by Crippen LogP contribution is -2.31. The zero-order chi connectivity index (χ0) is 19.7. The monoisotopic (exact) mass is 371 g/mol. The van der Waals surface area contributed by atoms with E-state index in [0.29, 0.717) is 28.3 Å². The van der Waals surface area contributed by atoms with Crippen molar-refractivity contribution in [2.24, 2.45) is 0 Å². The highest BCUT2D eigenvalue weighted by Gasteiger charge is 2.34. The molecule has 0 radical (unpaired) electrons. The summed E-state index contributed by atoms with van der Waals surface area (Å²) in [6.45, 7) is 1.80. The van der Waals surface area contributed by atoms with Crippen molar-refractivity contribution in [3.05, 3.63) is 83.2 Å². The number of fused-ring (bicyclic) bond motifs is 1. The molecule has 1 aliphatic heterocycles. The van der Waals surface area contributed by atoms with E-state index in [9.17, 15) is 15.2 Å². The summed E-state index contributed by atoms with van der Waals surface area (Å²) < 4.78 is 1.62. The van der Waals surface area contributed by atoms with Gasteiger partial charge in [-0.15, -0.1) is 0 Å². The number of aromatic nitrogens is 2. The van der Waals surface area contributed by atoms with Gasteiger partial charge in [0.15, 0.2) is 0 Å². The van der Waals surface area contributed by atoms with Crippen LogP contribution < -0.4 is 10.6 Å². The molecule has 0 saturated heterocycles. The first-order valence-electron chi connectivity index (χ1n) is 8.69. The van der Waals surface area contributed by atoms with Crippen molar-refractivity contribution in [1.29, 1.82) is 5.26 Å². The first kappa shape index (κ1) is 17.4. The summed E-state index contributed by atoms with van der Waals surface area (Å²) in [5.41, 5.74) is 2.96. The second-order valence-electron chi connectivity index (χ2n) is 6.44. The van der Waals surface area contributed by atoms with Crippen LogP contribution in [0.3, 0.4) is 0 Å². The van der Waals surface area contributed by atoms with Crippen molar-refractivity contribution in [1.82, 2.24) is 9.78 Å². The number of benzene rings is 2. The Labute approximate surface area is 161 Å². The largest absolute Gasteiger partial charge is 0.508 e. The lowest BCUT2D eigenvalue weighted by Gasteiger charge is -2.30. The maximum absolute atomic E-state index is 13.2. The number of para-hydroxylation sites is 1. The summed E-state index contributed by atoms with van der Waals surface area (Å²) in [5.74, 6) is 0.398. The summed E-state index contributed by atoms with van der Waals surface area (Å²) in [7, 11) is 0. The number of allylic oxidation sites excluding steroid dienone is 1. The van der Waals surface area contributed by atoms with Crippen molar-refractivity contribution in [3.8, 4) is 11.8 Å². The third-order valence-electron chi connectivity index (χ3n) is 4.63. The summed E-state index contributed by atoms with van der Waals surface area (Å²) in [6.07, 6.45) is 1.47. The predicted molar refractivity (Wildman–Crippen MR) is 105 cm³/mol. The smallest absolute Gasteiger partial charge is 0.255 e. The molecule has 7 heteroatoms. The van der Waals surface area contributed by atoms with E-state index in [4.69, 9.17) is 0 Å². The van der Waals surface area contributed by atoms with Gasteiger partial charge in [0.05, 0.1) is 11.8 Å². The van der Waals surface area contributed by atoms with Gasteiger partial charge in [-0.1, -0.05) is 30.3 Å². The molecule has 0 fully saturated rings. The molecule has 0 aliphatic carbocycles. The van der Waals surface area contributed by atoms with Gasteiger partial charge in [0.2, 0.25) is 0 Å². The number of nitrogens with zero attached hydrogens (tertiary/aromatic N) is 3. The average molecular weight is 371 g/mol. The summed E-state index contributed by atoms with van der Waals surface area (Å²) in [4.78, 5) is 13.2. The van der Waals surface area contributed by atoms with Gasteiger partial charge in [0.1, 0.15) is 29.2 Å². The maximum Gasteiger partial charge on any atom is 0.255 e. The predicted octanol–water partition coefficient (Wildman–Crippen LogP) is 3.39. The quantitative estimate of drug-likeness (QED) is 0.655. The van der Waals surface area contributed by atoms with Crippen LogP contribution in [0.5, 0.6) is 5.75 Å². The van der Waals surface area contributed by atoms with E-state index in [1.54, 1.807) is 35.9 Å². The van der Waals surface area contributed by atoms with Crippen LogP contribution >= 0.6 is 0 Å². The second-order valence-corrected chi connectivity index (χ2v) is 6.44. The van der Waals surface area contributed by atoms with Crippen LogP contribution in [0.1, 0.15) is 24.1 Å². The van der Waals surface area contributed by atoms with Crippen molar-refractivity contribution in [2.75, 3.05) is 10.6 Å². The number of amides is 1. The lowest BCUT2D eigenvalue weighted by atomic mass is 9.94. The molecule has 2 aromatic carbocycles. The molecule has 3 N–H and O–H groups in total. The minimum Gasteiger partial charge on any atom is -0.508 e. The van der Waals surface area contributed by atoms with Crippen molar-refractivity contribution in [3.63, 3.8) is 0 Å². The standard InChI is InChI=1S/C21H17N5O2/c1-13-18(21(28)25-16-5-3-2-4-6-16)19(14-7-9-17(27)10-8-14)26-20(24-13)15(11-22)12-23-26/h2-10,12,19,24,27H,1H3,(H,25,28)/t19-/m0/s1. The topological polar surface area (TPSA) is 103 Å². The zero-order valence-corrected chi connectivity index (χ0v) is 15.0. The number of anilines is 2. The molecule has 1 atom stereocenters. The van der Waals surface area contributed by atoms with Crippen LogP contribution in [0.4, 0.5) is 11.5 Å². The van der Waals surface area contributed by atoms with Gasteiger partial charge in [-0.05, 0) is 36.8 Å². The molecule has 1 aromatic heterocycles. The number of phenolic OH excluding ortho intramolecular Hbond substituents is 1. The molecule has 1 amide bonds. The van der Waals surface area contributed by atoms with Gasteiger partial charge in [-0.2, -0.15) is 10.4 Å². The fraction of sp³-hybridized carbons (Fsp3) is 0.0952. The van der Waals surface area contributed by atoms with E-state index in [-0.39, 0.29) is 11.7 Å². The van der Waals surface area contributed by atoms with E-state index >= 15 is 0 Å². The van der Waals surface area contributed by atoms with Gasteiger partial charge < -0.3 is 15.7 Å². The van der Waals surface area contributed by atoms with Crippen molar-refractivity contribution < 1.29 is 9.90 Å². The van der Waals surface area contributed by atoms with Crippen LogP contribution in [-0.2, 0) is 4.79 Å². The molecule has 0 bridgehead atoms. The molecule has 2 heterocycles. The molecule has 138 valence electrons. The molecule has 3 aromatic rings. The maximum atomic E-state index is 13.2. The molecule has 1 aliphatic rings. The zero-order valence-electron chi connectivity index (χ0n) is 15.0. The Balaban J connectivity index is 1.81. The van der Waals surface area contributed by atoms with Crippen LogP contribution in [0.25, 0.3) is 0 Å². The number of hydrogen-bond donors (Lipinski definition) is 3. The number of carbonyl (C=O) groups excluding carboxylic acids is 1. The Hall–Kier alpha value is -4.05. The van der Waals surface area contributed by atoms with E-state index in [2.05, 4.69) is 21.8 Å². The lowest BCUT2D eigenvalue weighted by molar-refractivity contribution is -0.113. The Bertz CT molecular complexity index is 1110. The molecule has 7 nitrogen and oxygen atoms in total. The Kier molecular flexibility index (Phi) is 4.30. The molecular formula is C21H17N5O2. The van der Waals surface area contributed by atoms with Crippen LogP contribution in [0.2, 0.25) is 0 Å². The summed E-state index contributed by atoms with van der Waals surface area (Å²) in [5, 5.41) is 29.4. The number of nitrogens with one attached hydrogen (secondary N) is 2. The molecule has 0 spiro atoms. The third-order valence-corrected chi connectivity index (χ3v) is 4.63. The highest BCUT2D eigenvalue weighted by molar-refractivity contribution is 6.06. The number of nitriles is 1. The fourth-order valence-electron chi connectivity index (χ4n) is 3.32. The van der Waals surface area contributed by atoms with Gasteiger partial charge in [-0.25, -0.2) is 4.68 Å². The van der Waals surface area contributed by atoms with E-state index in [1.807, 2.05) is 30.3 Å². The van der Waals surface area contributed by atoms with E-state index in [0.717, 1.165) is 5.56 Å². The first-order valence-corrected chi connectivity index (χ1v) is 8.69. The van der Waals surface area contributed by atoms with E-state index < -0.39 is 6.04 Å². The number of phenols is 1. The number of rotatable bonds is 3. The van der Waals surface area contributed by atoms with Gasteiger partial charge in [-0.3, -0.25) is 4.79 Å². The average Bonchev–Trinajstić information content (AvgIpc) is 3.10. The van der Waals surface area contributed by atoms with Crippen LogP contribution in [0.15, 0.2) is 72.1 Å². The normalized spacial score (nSPS) is 15.4. The number of carbonyl (C=O) groups is 1. The van der Waals surface area contributed by atoms with Crippen LogP contribution in [-0.4, -0.2) is 20.8 Å². The molecule has 0 saturated carbocycles. The van der Waals surface area contributed by atoms with Gasteiger partial charge in [0, 0.05) is 11.4 Å². The Morgan fingerprint density at radius 2 is 1.93 bits per heavy atom. The van der Waals surface area contributed by atoms with E-state index in [1.165, 1.54) is 6.20 Å². The first-order chi connectivity index (χ1) is 13.6. The third kappa shape index (κ3) is 2.97. The fourth-order valence-corrected chi connectivity index (χ4v) is 3.32. The highest BCUT2D eigenvalue weighted by atomic mass is 16.3. The van der Waals surface area contributed by atoms with Gasteiger partial charge >= 0.3 is 0 Å². The Morgan fingerprint density at radius 1 is 1.21 bits per heavy atom. The highest BCUT2D eigenvalue weighted by Crippen LogP contribution is 2.37. The number of hydrogen-bond acceptors (Lipinski definition) is 5. The Morgan fingerprint density at radius 3 is 2.61 bits per heavy atom. The van der Waals surface area contributed by atoms with Crippen molar-refractivity contribution >= 4 is 17.4 Å². The SMILES string of the molecule is CC1=C(C(=O)Nc2ccccc2)[C@H](c2ccc(O)cc2)n2ncc(C#N)c2N1. The molecular weight excluding hydrogens is 354 g/mol. The molecule has 0 unspecified atom stereocenters. The summed E-state index contributed by atoms with van der Waals surface area (Å²) in [6, 6.07) is 17.4. The van der Waals surface area contributed by atoms with Crippen molar-refractivity contribution in [2.45, 2.75) is 13.0 Å². The van der Waals surface area contributed by atoms with Gasteiger partial charge in [0.25, 0.3) is 5.91 Å². The van der Waals surface area contributed by atoms with Crippen LogP contribution in [0, 0.1) is 11.3 Å². The minimum atomic E-state index is -0.539. The second kappa shape index (κ2) is 6.93. The number of aromatic hydroxyl groups is 1. The molecule has 28 heavy (non-hydrogen) atoms. The molecule has 4 rings (SSSR count). The minimum absolute atomic E-state index is 0.132.